The van der Waals surface area contributed by atoms with Gasteiger partial charge in [-0.05, 0) is 12.8 Å². The summed E-state index contributed by atoms with van der Waals surface area (Å²) < 4.78 is 0. The molecule has 0 amide bonds. The summed E-state index contributed by atoms with van der Waals surface area (Å²) in [5.41, 5.74) is 0. The topological polar surface area (TPSA) is 60.7 Å². The van der Waals surface area contributed by atoms with Gasteiger partial charge in [-0.3, -0.25) is 0 Å². The highest BCUT2D eigenvalue weighted by atomic mass is 16.3. The van der Waals surface area contributed by atoms with E-state index in [2.05, 4.69) is 0 Å². The molecule has 1 saturated carbocycles. The van der Waals surface area contributed by atoms with Crippen LogP contribution in [0.2, 0.25) is 0 Å². The fourth-order valence-electron chi connectivity index (χ4n) is 1.24. The minimum absolute atomic E-state index is 0.0156. The van der Waals surface area contributed by atoms with E-state index in [1.54, 1.807) is 0 Å². The number of aliphatic hydroxyl groups excluding tert-OH is 3. The van der Waals surface area contributed by atoms with Crippen LogP contribution in [0.3, 0.4) is 0 Å². The van der Waals surface area contributed by atoms with Gasteiger partial charge in [0.15, 0.2) is 0 Å². The second-order valence-corrected chi connectivity index (χ2v) is 2.58. The van der Waals surface area contributed by atoms with E-state index in [1.165, 1.54) is 0 Å². The van der Waals surface area contributed by atoms with Crippen molar-refractivity contribution < 1.29 is 15.3 Å². The molecule has 3 N–H and O–H groups in total. The average molecular weight is 132 g/mol. The minimum atomic E-state index is -0.699. The van der Waals surface area contributed by atoms with Crippen molar-refractivity contribution in [3.8, 4) is 0 Å². The molecule has 0 aromatic heterocycles. The fourth-order valence-corrected chi connectivity index (χ4v) is 1.24. The van der Waals surface area contributed by atoms with Crippen LogP contribution in [0, 0.1) is 5.92 Å². The first-order valence-electron chi connectivity index (χ1n) is 3.22. The zero-order valence-corrected chi connectivity index (χ0v) is 5.20. The van der Waals surface area contributed by atoms with Crippen molar-refractivity contribution in [1.29, 1.82) is 0 Å². The van der Waals surface area contributed by atoms with E-state index in [0.29, 0.717) is 6.42 Å². The Hall–Kier alpha value is -0.120. The molecule has 0 aromatic rings. The summed E-state index contributed by atoms with van der Waals surface area (Å²) in [7, 11) is 0. The standard InChI is InChI=1S/C6H12O3/c7-3-4-1-2-5(8)6(4)9/h4-9H,1-3H2/t4-,5?,6+/m1/s1. The molecule has 1 aliphatic carbocycles. The van der Waals surface area contributed by atoms with Crippen LogP contribution in [0.1, 0.15) is 12.8 Å². The average Bonchev–Trinajstić information content (AvgIpc) is 2.15. The molecule has 0 heterocycles. The first kappa shape index (κ1) is 6.99. The molecule has 54 valence electrons. The Morgan fingerprint density at radius 3 is 2.11 bits per heavy atom. The predicted molar refractivity (Wildman–Crippen MR) is 31.8 cm³/mol. The van der Waals surface area contributed by atoms with Crippen molar-refractivity contribution in [2.75, 3.05) is 6.61 Å². The Labute approximate surface area is 53.9 Å². The lowest BCUT2D eigenvalue weighted by Crippen LogP contribution is -2.26. The second-order valence-electron chi connectivity index (χ2n) is 2.58. The molecule has 9 heavy (non-hydrogen) atoms. The molecule has 1 fully saturated rings. The third-order valence-corrected chi connectivity index (χ3v) is 1.94. The molecule has 0 aromatic carbocycles. The number of aliphatic hydroxyl groups is 3. The molecule has 0 radical (unpaired) electrons. The van der Waals surface area contributed by atoms with Gasteiger partial charge in [0.1, 0.15) is 0 Å². The maximum atomic E-state index is 9.05. The molecular formula is C6H12O3. The Morgan fingerprint density at radius 2 is 1.89 bits per heavy atom. The van der Waals surface area contributed by atoms with Crippen LogP contribution in [-0.4, -0.2) is 34.1 Å². The zero-order chi connectivity index (χ0) is 6.85. The number of hydrogen-bond acceptors (Lipinski definition) is 3. The van der Waals surface area contributed by atoms with E-state index in [0.717, 1.165) is 6.42 Å². The number of rotatable bonds is 1. The summed E-state index contributed by atoms with van der Waals surface area (Å²) in [5, 5.41) is 26.6. The highest BCUT2D eigenvalue weighted by molar-refractivity contribution is 4.83. The van der Waals surface area contributed by atoms with Gasteiger partial charge in [0.25, 0.3) is 0 Å². The van der Waals surface area contributed by atoms with Crippen molar-refractivity contribution in [3.05, 3.63) is 0 Å². The smallest absolute Gasteiger partial charge is 0.0849 e. The van der Waals surface area contributed by atoms with Gasteiger partial charge in [-0.25, -0.2) is 0 Å². The first-order valence-corrected chi connectivity index (χ1v) is 3.22. The van der Waals surface area contributed by atoms with Gasteiger partial charge >= 0.3 is 0 Å². The van der Waals surface area contributed by atoms with Gasteiger partial charge in [-0.1, -0.05) is 0 Å². The predicted octanol–water partition coefficient (Wildman–Crippen LogP) is -0.890. The Bertz CT molecular complexity index is 94.3. The van der Waals surface area contributed by atoms with Crippen molar-refractivity contribution in [1.82, 2.24) is 0 Å². The maximum Gasteiger partial charge on any atom is 0.0849 e. The van der Waals surface area contributed by atoms with Crippen LogP contribution in [0.15, 0.2) is 0 Å². The van der Waals surface area contributed by atoms with Crippen molar-refractivity contribution in [3.63, 3.8) is 0 Å². The van der Waals surface area contributed by atoms with Crippen LogP contribution in [-0.2, 0) is 0 Å². The van der Waals surface area contributed by atoms with Crippen molar-refractivity contribution in [2.24, 2.45) is 5.92 Å². The van der Waals surface area contributed by atoms with E-state index in [-0.39, 0.29) is 12.5 Å². The van der Waals surface area contributed by atoms with Crippen LogP contribution in [0.5, 0.6) is 0 Å². The quantitative estimate of drug-likeness (QED) is 0.434. The molecule has 3 heteroatoms. The minimum Gasteiger partial charge on any atom is -0.396 e. The van der Waals surface area contributed by atoms with Gasteiger partial charge in [-0.15, -0.1) is 0 Å². The summed E-state index contributed by atoms with van der Waals surface area (Å²) in [6, 6.07) is 0. The first-order chi connectivity index (χ1) is 4.25. The van der Waals surface area contributed by atoms with Gasteiger partial charge in [0, 0.05) is 12.5 Å². The molecule has 0 aliphatic heterocycles. The molecule has 0 bridgehead atoms. The number of hydrogen-bond donors (Lipinski definition) is 3. The lowest BCUT2D eigenvalue weighted by Gasteiger charge is -2.12. The maximum absolute atomic E-state index is 9.05. The monoisotopic (exact) mass is 132 g/mol. The summed E-state index contributed by atoms with van der Waals surface area (Å²) in [4.78, 5) is 0. The highest BCUT2D eigenvalue weighted by Crippen LogP contribution is 2.24. The molecule has 1 rings (SSSR count). The summed E-state index contributed by atoms with van der Waals surface area (Å²) in [6.45, 7) is -0.0156. The van der Waals surface area contributed by atoms with Crippen molar-refractivity contribution in [2.45, 2.75) is 25.0 Å². The van der Waals surface area contributed by atoms with Crippen LogP contribution in [0.25, 0.3) is 0 Å². The Morgan fingerprint density at radius 1 is 1.22 bits per heavy atom. The third-order valence-electron chi connectivity index (χ3n) is 1.94. The largest absolute Gasteiger partial charge is 0.396 e. The zero-order valence-electron chi connectivity index (χ0n) is 5.20. The lowest BCUT2D eigenvalue weighted by atomic mass is 10.1. The highest BCUT2D eigenvalue weighted by Gasteiger charge is 2.32. The van der Waals surface area contributed by atoms with Gasteiger partial charge in [-0.2, -0.15) is 0 Å². The molecule has 1 aliphatic rings. The summed E-state index contributed by atoms with van der Waals surface area (Å²) >= 11 is 0. The third kappa shape index (κ3) is 1.23. The van der Waals surface area contributed by atoms with E-state index in [9.17, 15) is 0 Å². The van der Waals surface area contributed by atoms with Gasteiger partial charge < -0.3 is 15.3 Å². The Kier molecular flexibility index (Phi) is 2.05. The van der Waals surface area contributed by atoms with E-state index >= 15 is 0 Å². The molecule has 0 spiro atoms. The fraction of sp³-hybridized carbons (Fsp3) is 1.00. The SMILES string of the molecule is OC[C@H]1CCC(O)[C@H]1O. The normalized spacial score (nSPS) is 43.7. The molecular weight excluding hydrogens is 120 g/mol. The summed E-state index contributed by atoms with van der Waals surface area (Å²) in [5.74, 6) is -0.0972. The molecule has 0 saturated heterocycles. The van der Waals surface area contributed by atoms with Gasteiger partial charge in [0.2, 0.25) is 0 Å². The lowest BCUT2D eigenvalue weighted by molar-refractivity contribution is 0.00682. The van der Waals surface area contributed by atoms with Crippen LogP contribution >= 0.6 is 0 Å². The van der Waals surface area contributed by atoms with Crippen LogP contribution < -0.4 is 0 Å². The Balaban J connectivity index is 2.41. The van der Waals surface area contributed by atoms with E-state index in [4.69, 9.17) is 15.3 Å². The second kappa shape index (κ2) is 2.64. The van der Waals surface area contributed by atoms with Crippen molar-refractivity contribution >= 4 is 0 Å². The van der Waals surface area contributed by atoms with E-state index in [1.807, 2.05) is 0 Å². The van der Waals surface area contributed by atoms with Crippen LogP contribution in [0.4, 0.5) is 0 Å². The molecule has 1 unspecified atom stereocenters. The van der Waals surface area contributed by atoms with Gasteiger partial charge in [0.05, 0.1) is 12.2 Å². The summed E-state index contributed by atoms with van der Waals surface area (Å²) in [6.07, 6.45) is 0.0442. The van der Waals surface area contributed by atoms with E-state index < -0.39 is 12.2 Å². The molecule has 3 atom stereocenters. The molecule has 3 nitrogen and oxygen atoms in total.